The number of epoxide rings is 1. The molecule has 0 unspecified atom stereocenters. The molecule has 2 saturated heterocycles. The molecular weight excluding hydrogens is 468 g/mol. The number of hydrogen-bond donors (Lipinski definition) is 1. The molecule has 0 aromatic heterocycles. The van der Waals surface area contributed by atoms with E-state index in [0.29, 0.717) is 25.0 Å². The van der Waals surface area contributed by atoms with E-state index in [1.807, 2.05) is 0 Å². The lowest BCUT2D eigenvalue weighted by atomic mass is 9.51. The fourth-order valence-corrected chi connectivity index (χ4v) is 6.52. The summed E-state index contributed by atoms with van der Waals surface area (Å²) in [6, 6.07) is 0. The highest BCUT2D eigenvalue weighted by Gasteiger charge is 2.83. The van der Waals surface area contributed by atoms with Crippen molar-refractivity contribution >= 4 is 17.9 Å². The second-order valence-electron chi connectivity index (χ2n) is 10.5. The average molecular weight is 501 g/mol. The minimum atomic E-state index is -0.672. The molecule has 0 aromatic carbocycles. The molecule has 36 heavy (non-hydrogen) atoms. The molecule has 194 valence electrons. The molecule has 2 bridgehead atoms. The lowest BCUT2D eigenvalue weighted by Crippen LogP contribution is -2.66. The molecule has 9 nitrogen and oxygen atoms in total. The summed E-state index contributed by atoms with van der Waals surface area (Å²) in [7, 11) is 0. The van der Waals surface area contributed by atoms with Crippen LogP contribution in [0.3, 0.4) is 0 Å². The summed E-state index contributed by atoms with van der Waals surface area (Å²) in [5.41, 5.74) is -0.350. The molecule has 6 atom stereocenters. The summed E-state index contributed by atoms with van der Waals surface area (Å²) in [6.07, 6.45) is 9.68. The minimum Gasteiger partial charge on any atom is -0.462 e. The Hall–Kier alpha value is -2.75. The molecule has 5 rings (SSSR count). The number of allylic oxidation sites excluding steroid dienone is 3. The molecule has 2 aliphatic carbocycles. The van der Waals surface area contributed by atoms with Gasteiger partial charge in [-0.05, 0) is 25.3 Å². The average Bonchev–Trinajstić information content (AvgIpc) is 3.62. The number of cyclic esters (lactones) is 2. The Morgan fingerprint density at radius 2 is 1.75 bits per heavy atom. The summed E-state index contributed by atoms with van der Waals surface area (Å²) >= 11 is 0. The third-order valence-corrected chi connectivity index (χ3v) is 8.72. The van der Waals surface area contributed by atoms with Crippen LogP contribution in [0.15, 0.2) is 47.6 Å². The van der Waals surface area contributed by atoms with E-state index < -0.39 is 40.4 Å². The summed E-state index contributed by atoms with van der Waals surface area (Å²) < 4.78 is 29.6. The first-order chi connectivity index (χ1) is 17.2. The normalized spacial score (nSPS) is 44.0. The maximum atomic E-state index is 12.8. The first-order valence-corrected chi connectivity index (χ1v) is 12.4. The molecule has 3 aliphatic heterocycles. The summed E-state index contributed by atoms with van der Waals surface area (Å²) in [5.74, 6) is -1.74. The molecule has 0 aromatic rings. The van der Waals surface area contributed by atoms with Gasteiger partial charge in [0.15, 0.2) is 0 Å². The van der Waals surface area contributed by atoms with Gasteiger partial charge in [0.05, 0.1) is 37.4 Å². The topological polar surface area (TPSA) is 121 Å². The standard InChI is InChI=1S/C27H32O9/c1-17-7-9-26-15-33-24(31)12-18(14-28)8-10-32-22(29)5-3-4-6-23(30)36-19-13-21(35-20(26)11-17)27(16-34-27)25(19,26)2/h3-6,11-12,19-21,28H,7-10,13-16H2,1-2H3/b5-3-,6-4-,18-12+/t19-,20-,21-,25-,26-,27+/m1/s1. The van der Waals surface area contributed by atoms with Gasteiger partial charge in [-0.15, -0.1) is 0 Å². The van der Waals surface area contributed by atoms with Crippen molar-refractivity contribution in [2.75, 3.05) is 26.4 Å². The van der Waals surface area contributed by atoms with Crippen molar-refractivity contribution in [2.45, 2.75) is 63.4 Å². The zero-order chi connectivity index (χ0) is 25.6. The van der Waals surface area contributed by atoms with Crippen LogP contribution >= 0.6 is 0 Å². The Balaban J connectivity index is 1.53. The summed E-state index contributed by atoms with van der Waals surface area (Å²) in [4.78, 5) is 37.5. The van der Waals surface area contributed by atoms with E-state index in [9.17, 15) is 19.5 Å². The monoisotopic (exact) mass is 500 g/mol. The van der Waals surface area contributed by atoms with Crippen LogP contribution in [0, 0.1) is 10.8 Å². The third-order valence-electron chi connectivity index (χ3n) is 8.72. The fourth-order valence-electron chi connectivity index (χ4n) is 6.52. The van der Waals surface area contributed by atoms with Crippen molar-refractivity contribution in [2.24, 2.45) is 10.8 Å². The fraction of sp³-hybridized carbons (Fsp3) is 0.593. The van der Waals surface area contributed by atoms with Crippen LogP contribution < -0.4 is 0 Å². The highest BCUT2D eigenvalue weighted by molar-refractivity contribution is 5.85. The van der Waals surface area contributed by atoms with E-state index in [1.165, 1.54) is 36.0 Å². The van der Waals surface area contributed by atoms with Crippen molar-refractivity contribution in [1.29, 1.82) is 0 Å². The summed E-state index contributed by atoms with van der Waals surface area (Å²) in [6.45, 7) is 4.29. The lowest BCUT2D eigenvalue weighted by molar-refractivity contribution is -0.232. The van der Waals surface area contributed by atoms with Crippen molar-refractivity contribution in [1.82, 2.24) is 0 Å². The molecular formula is C27H32O9. The number of aliphatic hydroxyl groups excluding tert-OH is 1. The SMILES string of the molecule is CC1=C[C@H]2O[C@@H]3C[C@H]4OC(=O)/C=C\C=C/C(=O)OCC/C(CO)=C\C(=O)OC[C@@]2(CC1)[C@]4(C)[C@]31CO1. The molecule has 9 heteroatoms. The quantitative estimate of drug-likeness (QED) is 0.250. The van der Waals surface area contributed by atoms with E-state index >= 15 is 0 Å². The Morgan fingerprint density at radius 1 is 1.00 bits per heavy atom. The van der Waals surface area contributed by atoms with Gasteiger partial charge >= 0.3 is 17.9 Å². The summed E-state index contributed by atoms with van der Waals surface area (Å²) in [5, 5.41) is 9.68. The number of aliphatic hydroxyl groups is 1. The molecule has 2 spiro atoms. The highest BCUT2D eigenvalue weighted by Crippen LogP contribution is 2.72. The van der Waals surface area contributed by atoms with E-state index in [1.54, 1.807) is 0 Å². The van der Waals surface area contributed by atoms with Crippen molar-refractivity contribution in [3.8, 4) is 0 Å². The Bertz CT molecular complexity index is 1070. The van der Waals surface area contributed by atoms with Gasteiger partial charge in [-0.1, -0.05) is 30.7 Å². The van der Waals surface area contributed by atoms with Gasteiger partial charge in [-0.2, -0.15) is 0 Å². The molecule has 3 heterocycles. The van der Waals surface area contributed by atoms with E-state index in [2.05, 4.69) is 19.9 Å². The Morgan fingerprint density at radius 3 is 2.47 bits per heavy atom. The maximum Gasteiger partial charge on any atom is 0.331 e. The zero-order valence-electron chi connectivity index (χ0n) is 20.6. The van der Waals surface area contributed by atoms with Crippen molar-refractivity contribution in [3.63, 3.8) is 0 Å². The van der Waals surface area contributed by atoms with Gasteiger partial charge in [-0.3, -0.25) is 0 Å². The van der Waals surface area contributed by atoms with Crippen LogP contribution in [0.5, 0.6) is 0 Å². The van der Waals surface area contributed by atoms with Crippen LogP contribution in [-0.4, -0.2) is 73.4 Å². The number of carbonyl (C=O) groups is 3. The van der Waals surface area contributed by atoms with Gasteiger partial charge in [0.25, 0.3) is 0 Å². The van der Waals surface area contributed by atoms with Gasteiger partial charge in [0.1, 0.15) is 18.3 Å². The van der Waals surface area contributed by atoms with Gasteiger partial charge < -0.3 is 28.8 Å². The molecule has 3 fully saturated rings. The van der Waals surface area contributed by atoms with Crippen LogP contribution in [-0.2, 0) is 38.1 Å². The van der Waals surface area contributed by atoms with E-state index in [4.69, 9.17) is 23.7 Å². The number of hydrogen-bond acceptors (Lipinski definition) is 9. The number of rotatable bonds is 1. The lowest BCUT2D eigenvalue weighted by Gasteiger charge is -2.58. The number of esters is 3. The minimum absolute atomic E-state index is 0.0144. The van der Waals surface area contributed by atoms with Crippen molar-refractivity contribution in [3.05, 3.63) is 47.6 Å². The van der Waals surface area contributed by atoms with Gasteiger partial charge in [0.2, 0.25) is 0 Å². The largest absolute Gasteiger partial charge is 0.462 e. The number of ether oxygens (including phenoxy) is 5. The predicted molar refractivity (Wildman–Crippen MR) is 125 cm³/mol. The molecule has 5 aliphatic rings. The second-order valence-corrected chi connectivity index (χ2v) is 10.5. The number of carbonyl (C=O) groups excluding carboxylic acids is 3. The van der Waals surface area contributed by atoms with E-state index in [-0.39, 0.29) is 38.4 Å². The van der Waals surface area contributed by atoms with Crippen molar-refractivity contribution < 1.29 is 43.2 Å². The third kappa shape index (κ3) is 3.93. The Labute approximate surface area is 209 Å². The smallest absolute Gasteiger partial charge is 0.331 e. The predicted octanol–water partition coefficient (Wildman–Crippen LogP) is 2.09. The van der Waals surface area contributed by atoms with E-state index in [0.717, 1.165) is 6.42 Å². The van der Waals surface area contributed by atoms with Crippen LogP contribution in [0.1, 0.15) is 39.5 Å². The van der Waals surface area contributed by atoms with Gasteiger partial charge in [0, 0.05) is 36.5 Å². The maximum absolute atomic E-state index is 12.8. The van der Waals surface area contributed by atoms with Crippen LogP contribution in [0.4, 0.5) is 0 Å². The van der Waals surface area contributed by atoms with Crippen LogP contribution in [0.2, 0.25) is 0 Å². The molecule has 1 saturated carbocycles. The first kappa shape index (κ1) is 24.9. The van der Waals surface area contributed by atoms with Crippen LogP contribution in [0.25, 0.3) is 0 Å². The Kier molecular flexibility index (Phi) is 6.43. The highest BCUT2D eigenvalue weighted by atomic mass is 16.6. The first-order valence-electron chi connectivity index (χ1n) is 12.4. The molecule has 0 amide bonds. The van der Waals surface area contributed by atoms with Gasteiger partial charge in [-0.25, -0.2) is 14.4 Å². The zero-order valence-corrected chi connectivity index (χ0v) is 20.6. The molecule has 1 N–H and O–H groups in total. The second kappa shape index (κ2) is 9.28. The molecule has 0 radical (unpaired) electrons.